The number of anilines is 1. The molecule has 0 radical (unpaired) electrons. The smallest absolute Gasteiger partial charge is 0.276 e. The second-order valence-corrected chi connectivity index (χ2v) is 4.85. The van der Waals surface area contributed by atoms with E-state index < -0.39 is 0 Å². The lowest BCUT2D eigenvalue weighted by molar-refractivity contribution is 0.102. The van der Waals surface area contributed by atoms with Crippen LogP contribution in [0.25, 0.3) is 0 Å². The maximum atomic E-state index is 12.0. The number of hydrogen-bond acceptors (Lipinski definition) is 2. The number of aryl methyl sites for hydroxylation is 2. The quantitative estimate of drug-likeness (QED) is 0.946. The highest BCUT2D eigenvalue weighted by atomic mass is 79.9. The molecule has 4 nitrogen and oxygen atoms in total. The summed E-state index contributed by atoms with van der Waals surface area (Å²) in [5, 5.41) is 6.99. The molecule has 1 amide bonds. The van der Waals surface area contributed by atoms with Crippen LogP contribution in [0.4, 0.5) is 5.69 Å². The van der Waals surface area contributed by atoms with Gasteiger partial charge in [-0.3, -0.25) is 9.48 Å². The molecule has 1 N–H and O–H groups in total. The molecule has 2 rings (SSSR count). The highest BCUT2D eigenvalue weighted by Crippen LogP contribution is 2.23. The Morgan fingerprint density at radius 2 is 2.22 bits per heavy atom. The van der Waals surface area contributed by atoms with Gasteiger partial charge < -0.3 is 5.32 Å². The summed E-state index contributed by atoms with van der Waals surface area (Å²) in [5.74, 6) is -0.202. The SMILES string of the molecule is CCn1ccc(C(=O)Nc2ccc(C)cc2Br)n1. The van der Waals surface area contributed by atoms with Crippen LogP contribution >= 0.6 is 15.9 Å². The normalized spacial score (nSPS) is 10.4. The first kappa shape index (κ1) is 12.8. The first-order valence-electron chi connectivity index (χ1n) is 5.71. The molecule has 1 aromatic carbocycles. The maximum absolute atomic E-state index is 12.0. The van der Waals surface area contributed by atoms with Crippen molar-refractivity contribution in [2.24, 2.45) is 0 Å². The Balaban J connectivity index is 2.16. The van der Waals surface area contributed by atoms with Crippen molar-refractivity contribution >= 4 is 27.5 Å². The van der Waals surface area contributed by atoms with Crippen molar-refractivity contribution in [3.63, 3.8) is 0 Å². The first-order chi connectivity index (χ1) is 8.60. The second-order valence-electron chi connectivity index (χ2n) is 3.99. The van der Waals surface area contributed by atoms with Gasteiger partial charge in [0.2, 0.25) is 0 Å². The van der Waals surface area contributed by atoms with Gasteiger partial charge in [-0.15, -0.1) is 0 Å². The third kappa shape index (κ3) is 2.79. The summed E-state index contributed by atoms with van der Waals surface area (Å²) >= 11 is 3.43. The number of aromatic nitrogens is 2. The Labute approximate surface area is 114 Å². The van der Waals surface area contributed by atoms with Gasteiger partial charge in [0.05, 0.1) is 5.69 Å². The van der Waals surface area contributed by atoms with E-state index >= 15 is 0 Å². The lowest BCUT2D eigenvalue weighted by atomic mass is 10.2. The average molecular weight is 308 g/mol. The first-order valence-corrected chi connectivity index (χ1v) is 6.50. The lowest BCUT2D eigenvalue weighted by Gasteiger charge is -2.06. The number of hydrogen-bond donors (Lipinski definition) is 1. The third-order valence-electron chi connectivity index (χ3n) is 2.57. The van der Waals surface area contributed by atoms with Crippen LogP contribution in [-0.4, -0.2) is 15.7 Å². The molecule has 94 valence electrons. The summed E-state index contributed by atoms with van der Waals surface area (Å²) in [5.41, 5.74) is 2.30. The molecule has 5 heteroatoms. The van der Waals surface area contributed by atoms with Gasteiger partial charge in [0.15, 0.2) is 5.69 Å². The van der Waals surface area contributed by atoms with Crippen molar-refractivity contribution in [1.82, 2.24) is 9.78 Å². The third-order valence-corrected chi connectivity index (χ3v) is 3.23. The van der Waals surface area contributed by atoms with Crippen molar-refractivity contribution in [2.45, 2.75) is 20.4 Å². The number of carbonyl (C=O) groups is 1. The number of halogens is 1. The van der Waals surface area contributed by atoms with Crippen molar-refractivity contribution in [1.29, 1.82) is 0 Å². The molecule has 0 saturated heterocycles. The van der Waals surface area contributed by atoms with E-state index in [9.17, 15) is 4.79 Å². The van der Waals surface area contributed by atoms with Crippen LogP contribution in [0.3, 0.4) is 0 Å². The maximum Gasteiger partial charge on any atom is 0.276 e. The Morgan fingerprint density at radius 3 is 2.83 bits per heavy atom. The monoisotopic (exact) mass is 307 g/mol. The van der Waals surface area contributed by atoms with Crippen LogP contribution in [0, 0.1) is 6.92 Å². The number of benzene rings is 1. The van der Waals surface area contributed by atoms with E-state index in [0.717, 1.165) is 22.3 Å². The van der Waals surface area contributed by atoms with Gasteiger partial charge in [-0.25, -0.2) is 0 Å². The minimum Gasteiger partial charge on any atom is -0.320 e. The zero-order valence-corrected chi connectivity index (χ0v) is 11.9. The van der Waals surface area contributed by atoms with Crippen LogP contribution in [0.2, 0.25) is 0 Å². The summed E-state index contributed by atoms with van der Waals surface area (Å²) in [6.45, 7) is 4.73. The number of amides is 1. The van der Waals surface area contributed by atoms with E-state index in [4.69, 9.17) is 0 Å². The van der Waals surface area contributed by atoms with Crippen LogP contribution in [0.15, 0.2) is 34.9 Å². The van der Waals surface area contributed by atoms with Gasteiger partial charge in [-0.2, -0.15) is 5.10 Å². The summed E-state index contributed by atoms with van der Waals surface area (Å²) < 4.78 is 2.59. The number of nitrogens with one attached hydrogen (secondary N) is 1. The van der Waals surface area contributed by atoms with Crippen molar-refractivity contribution in [2.75, 3.05) is 5.32 Å². The number of rotatable bonds is 3. The highest BCUT2D eigenvalue weighted by Gasteiger charge is 2.11. The number of nitrogens with zero attached hydrogens (tertiary/aromatic N) is 2. The van der Waals surface area contributed by atoms with Gasteiger partial charge in [-0.1, -0.05) is 6.07 Å². The van der Waals surface area contributed by atoms with E-state index in [1.54, 1.807) is 16.9 Å². The average Bonchev–Trinajstić information content (AvgIpc) is 2.81. The molecular formula is C13H14BrN3O. The van der Waals surface area contributed by atoms with Gasteiger partial charge in [0, 0.05) is 17.2 Å². The van der Waals surface area contributed by atoms with E-state index in [2.05, 4.69) is 26.3 Å². The Bertz CT molecular complexity index is 577. The minimum absolute atomic E-state index is 0.202. The van der Waals surface area contributed by atoms with Gasteiger partial charge in [-0.05, 0) is 53.5 Å². The fourth-order valence-corrected chi connectivity index (χ4v) is 2.16. The largest absolute Gasteiger partial charge is 0.320 e. The zero-order chi connectivity index (χ0) is 13.1. The lowest BCUT2D eigenvalue weighted by Crippen LogP contribution is -2.13. The zero-order valence-electron chi connectivity index (χ0n) is 10.3. The van der Waals surface area contributed by atoms with Crippen molar-refractivity contribution < 1.29 is 4.79 Å². The Morgan fingerprint density at radius 1 is 1.44 bits per heavy atom. The Hall–Kier alpha value is -1.62. The van der Waals surface area contributed by atoms with E-state index in [0.29, 0.717) is 5.69 Å². The summed E-state index contributed by atoms with van der Waals surface area (Å²) in [7, 11) is 0. The van der Waals surface area contributed by atoms with Gasteiger partial charge in [0.25, 0.3) is 5.91 Å². The van der Waals surface area contributed by atoms with Crippen molar-refractivity contribution in [3.8, 4) is 0 Å². The fourth-order valence-electron chi connectivity index (χ4n) is 1.57. The molecule has 2 aromatic rings. The molecular weight excluding hydrogens is 294 g/mol. The second kappa shape index (κ2) is 5.35. The summed E-state index contributed by atoms with van der Waals surface area (Å²) in [4.78, 5) is 12.0. The molecule has 1 heterocycles. The molecule has 0 aliphatic heterocycles. The van der Waals surface area contributed by atoms with E-state index in [1.165, 1.54) is 0 Å². The van der Waals surface area contributed by atoms with E-state index in [-0.39, 0.29) is 5.91 Å². The predicted octanol–water partition coefficient (Wildman–Crippen LogP) is 3.23. The number of carbonyl (C=O) groups excluding carboxylic acids is 1. The molecule has 0 unspecified atom stereocenters. The molecule has 0 bridgehead atoms. The van der Waals surface area contributed by atoms with Gasteiger partial charge in [0.1, 0.15) is 0 Å². The van der Waals surface area contributed by atoms with Gasteiger partial charge >= 0.3 is 0 Å². The van der Waals surface area contributed by atoms with Crippen LogP contribution in [-0.2, 0) is 6.54 Å². The Kier molecular flexibility index (Phi) is 3.81. The standard InChI is InChI=1S/C13H14BrN3O/c1-3-17-7-6-12(16-17)13(18)15-11-5-4-9(2)8-10(11)14/h4-8H,3H2,1-2H3,(H,15,18). The highest BCUT2D eigenvalue weighted by molar-refractivity contribution is 9.10. The van der Waals surface area contributed by atoms with Crippen LogP contribution < -0.4 is 5.32 Å². The fraction of sp³-hybridized carbons (Fsp3) is 0.231. The topological polar surface area (TPSA) is 46.9 Å². The predicted molar refractivity (Wildman–Crippen MR) is 74.7 cm³/mol. The van der Waals surface area contributed by atoms with Crippen molar-refractivity contribution in [3.05, 3.63) is 46.2 Å². The molecule has 0 aliphatic carbocycles. The van der Waals surface area contributed by atoms with E-state index in [1.807, 2.05) is 32.0 Å². The summed E-state index contributed by atoms with van der Waals surface area (Å²) in [6.07, 6.45) is 1.79. The molecule has 1 aromatic heterocycles. The molecule has 0 atom stereocenters. The molecule has 18 heavy (non-hydrogen) atoms. The minimum atomic E-state index is -0.202. The molecule has 0 aliphatic rings. The van der Waals surface area contributed by atoms with Crippen LogP contribution in [0.5, 0.6) is 0 Å². The summed E-state index contributed by atoms with van der Waals surface area (Å²) in [6, 6.07) is 7.49. The van der Waals surface area contributed by atoms with Crippen LogP contribution in [0.1, 0.15) is 23.0 Å². The molecule has 0 fully saturated rings. The molecule has 0 spiro atoms. The molecule has 0 saturated carbocycles.